The Kier molecular flexibility index (Phi) is 6.83. The Hall–Kier alpha value is -4.18. The predicted octanol–water partition coefficient (Wildman–Crippen LogP) is 4.49. The first kappa shape index (κ1) is 24.0. The van der Waals surface area contributed by atoms with E-state index in [1.54, 1.807) is 68.6 Å². The Balaban J connectivity index is 1.43. The van der Waals surface area contributed by atoms with Crippen LogP contribution in [0.25, 0.3) is 11.5 Å². The van der Waals surface area contributed by atoms with E-state index in [4.69, 9.17) is 13.9 Å². The third-order valence-corrected chi connectivity index (χ3v) is 7.08. The number of hydrogen-bond acceptors (Lipinski definition) is 8. The highest BCUT2D eigenvalue weighted by Crippen LogP contribution is 2.26. The maximum Gasteiger partial charge on any atom is 0.338 e. The Morgan fingerprint density at radius 2 is 1.60 bits per heavy atom. The van der Waals surface area contributed by atoms with Crippen LogP contribution < -0.4 is 9.04 Å². The molecule has 0 saturated heterocycles. The van der Waals surface area contributed by atoms with Crippen molar-refractivity contribution in [1.82, 2.24) is 10.2 Å². The van der Waals surface area contributed by atoms with Crippen LogP contribution in [0.3, 0.4) is 0 Å². The second-order valence-electron chi connectivity index (χ2n) is 7.55. The van der Waals surface area contributed by atoms with E-state index in [2.05, 4.69) is 10.2 Å². The fourth-order valence-electron chi connectivity index (χ4n) is 3.23. The third-order valence-electron chi connectivity index (χ3n) is 5.28. The lowest BCUT2D eigenvalue weighted by Gasteiger charge is -2.19. The van der Waals surface area contributed by atoms with Gasteiger partial charge in [-0.15, -0.1) is 10.2 Å². The molecular weight excluding hydrogens is 470 g/mol. The van der Waals surface area contributed by atoms with E-state index in [-0.39, 0.29) is 22.2 Å². The van der Waals surface area contributed by atoms with Crippen LogP contribution in [0.5, 0.6) is 5.75 Å². The Bertz CT molecular complexity index is 1400. The highest BCUT2D eigenvalue weighted by atomic mass is 32.2. The number of carbonyl (C=O) groups is 1. The zero-order valence-electron chi connectivity index (χ0n) is 19.3. The van der Waals surface area contributed by atoms with E-state index >= 15 is 0 Å². The fraction of sp³-hybridized carbons (Fsp3) is 0.160. The summed E-state index contributed by atoms with van der Waals surface area (Å²) in [6.45, 7) is 1.61. The van der Waals surface area contributed by atoms with Gasteiger partial charge in [-0.3, -0.25) is 4.31 Å². The van der Waals surface area contributed by atoms with E-state index in [0.717, 1.165) is 0 Å². The molecule has 1 heterocycles. The number of anilines is 1. The maximum absolute atomic E-state index is 12.9. The number of nitrogens with zero attached hydrogens (tertiary/aromatic N) is 3. The van der Waals surface area contributed by atoms with Crippen LogP contribution in [0.2, 0.25) is 0 Å². The molecule has 10 heteroatoms. The summed E-state index contributed by atoms with van der Waals surface area (Å²) in [5, 5.41) is 7.97. The minimum atomic E-state index is -3.79. The lowest BCUT2D eigenvalue weighted by molar-refractivity contribution is 0.0279. The van der Waals surface area contributed by atoms with Crippen LogP contribution in [-0.4, -0.2) is 38.7 Å². The largest absolute Gasteiger partial charge is 0.497 e. The summed E-state index contributed by atoms with van der Waals surface area (Å²) in [4.78, 5) is 12.7. The minimum absolute atomic E-state index is 0.0505. The number of esters is 1. The molecule has 180 valence electrons. The number of para-hydroxylation sites is 1. The summed E-state index contributed by atoms with van der Waals surface area (Å²) < 4.78 is 43.2. The summed E-state index contributed by atoms with van der Waals surface area (Å²) in [5.74, 6) is 0.457. The summed E-state index contributed by atoms with van der Waals surface area (Å²) in [7, 11) is -0.742. The van der Waals surface area contributed by atoms with E-state index in [0.29, 0.717) is 17.0 Å². The predicted molar refractivity (Wildman–Crippen MR) is 129 cm³/mol. The van der Waals surface area contributed by atoms with Crippen LogP contribution in [0.1, 0.15) is 29.3 Å². The molecule has 1 unspecified atom stereocenters. The van der Waals surface area contributed by atoms with Crippen molar-refractivity contribution in [2.75, 3.05) is 18.5 Å². The van der Waals surface area contributed by atoms with Gasteiger partial charge >= 0.3 is 5.97 Å². The number of ether oxygens (including phenoxy) is 2. The number of carbonyl (C=O) groups excluding carboxylic acids is 1. The molecule has 3 aromatic carbocycles. The molecule has 0 fully saturated rings. The molecule has 0 spiro atoms. The van der Waals surface area contributed by atoms with Gasteiger partial charge in [0.15, 0.2) is 6.10 Å². The van der Waals surface area contributed by atoms with E-state index in [1.807, 2.05) is 0 Å². The van der Waals surface area contributed by atoms with Gasteiger partial charge in [-0.2, -0.15) is 0 Å². The first-order valence-electron chi connectivity index (χ1n) is 10.6. The standard InChI is InChI=1S/C25H23N3O6S/c1-17(23-26-27-24(34-23)18-9-13-21(32-3)14-10-18)33-25(29)19-11-15-22(16-12-19)35(30,31)28(2)20-7-5-4-6-8-20/h4-17H,1-3H3. The van der Waals surface area contributed by atoms with Crippen molar-refractivity contribution in [2.24, 2.45) is 0 Å². The van der Waals surface area contributed by atoms with E-state index in [9.17, 15) is 13.2 Å². The molecule has 9 nitrogen and oxygen atoms in total. The minimum Gasteiger partial charge on any atom is -0.497 e. The fourth-order valence-corrected chi connectivity index (χ4v) is 4.42. The molecule has 35 heavy (non-hydrogen) atoms. The molecule has 0 aliphatic rings. The van der Waals surface area contributed by atoms with Gasteiger partial charge in [-0.1, -0.05) is 18.2 Å². The van der Waals surface area contributed by atoms with E-state index in [1.165, 1.54) is 35.6 Å². The summed E-state index contributed by atoms with van der Waals surface area (Å²) >= 11 is 0. The molecule has 1 aromatic heterocycles. The van der Waals surface area contributed by atoms with Gasteiger partial charge in [0.1, 0.15) is 5.75 Å². The SMILES string of the molecule is COc1ccc(-c2nnc(C(C)OC(=O)c3ccc(S(=O)(=O)N(C)c4ccccc4)cc3)o2)cc1. The molecule has 1 atom stereocenters. The average molecular weight is 494 g/mol. The van der Waals surface area contributed by atoms with Gasteiger partial charge in [-0.25, -0.2) is 13.2 Å². The highest BCUT2D eigenvalue weighted by molar-refractivity contribution is 7.92. The molecule has 4 aromatic rings. The van der Waals surface area contributed by atoms with Gasteiger partial charge < -0.3 is 13.9 Å². The van der Waals surface area contributed by atoms with Crippen LogP contribution in [0.15, 0.2) is 88.2 Å². The van der Waals surface area contributed by atoms with Gasteiger partial charge in [0.2, 0.25) is 5.89 Å². The maximum atomic E-state index is 12.9. The Labute approximate surface area is 203 Å². The molecule has 0 aliphatic carbocycles. The lowest BCUT2D eigenvalue weighted by atomic mass is 10.2. The molecule has 0 N–H and O–H groups in total. The highest BCUT2D eigenvalue weighted by Gasteiger charge is 2.23. The molecule has 0 amide bonds. The van der Waals surface area contributed by atoms with Gasteiger partial charge in [-0.05, 0) is 67.6 Å². The normalized spacial score (nSPS) is 12.1. The van der Waals surface area contributed by atoms with Crippen molar-refractivity contribution in [2.45, 2.75) is 17.9 Å². The first-order chi connectivity index (χ1) is 16.8. The van der Waals surface area contributed by atoms with Crippen molar-refractivity contribution < 1.29 is 27.1 Å². The van der Waals surface area contributed by atoms with Crippen molar-refractivity contribution in [3.8, 4) is 17.2 Å². The Morgan fingerprint density at radius 3 is 2.23 bits per heavy atom. The Morgan fingerprint density at radius 1 is 0.943 bits per heavy atom. The van der Waals surface area contributed by atoms with Crippen molar-refractivity contribution >= 4 is 21.7 Å². The zero-order chi connectivity index (χ0) is 25.0. The summed E-state index contributed by atoms with van der Waals surface area (Å²) in [6, 6.07) is 21.3. The molecule has 0 radical (unpaired) electrons. The van der Waals surface area contributed by atoms with Crippen molar-refractivity contribution in [1.29, 1.82) is 0 Å². The average Bonchev–Trinajstić information content (AvgIpc) is 3.39. The van der Waals surface area contributed by atoms with Crippen LogP contribution in [0.4, 0.5) is 5.69 Å². The molecular formula is C25H23N3O6S. The number of sulfonamides is 1. The quantitative estimate of drug-likeness (QED) is 0.330. The van der Waals surface area contributed by atoms with Crippen LogP contribution in [0, 0.1) is 0 Å². The molecule has 0 saturated carbocycles. The number of aromatic nitrogens is 2. The third kappa shape index (κ3) is 5.17. The topological polar surface area (TPSA) is 112 Å². The molecule has 0 aliphatic heterocycles. The lowest BCUT2D eigenvalue weighted by Crippen LogP contribution is -2.26. The first-order valence-corrected chi connectivity index (χ1v) is 12.1. The number of hydrogen-bond donors (Lipinski definition) is 0. The second-order valence-corrected chi connectivity index (χ2v) is 9.52. The molecule has 0 bridgehead atoms. The van der Waals surface area contributed by atoms with E-state index < -0.39 is 22.1 Å². The van der Waals surface area contributed by atoms with Gasteiger partial charge in [0.25, 0.3) is 15.9 Å². The monoisotopic (exact) mass is 493 g/mol. The second kappa shape index (κ2) is 9.98. The van der Waals surface area contributed by atoms with Crippen molar-refractivity contribution in [3.05, 3.63) is 90.3 Å². The molecule has 4 rings (SSSR count). The summed E-state index contributed by atoms with van der Waals surface area (Å²) in [5.41, 5.74) is 1.41. The van der Waals surface area contributed by atoms with Gasteiger partial charge in [0, 0.05) is 12.6 Å². The van der Waals surface area contributed by atoms with Gasteiger partial charge in [0.05, 0.1) is 23.3 Å². The van der Waals surface area contributed by atoms with Crippen molar-refractivity contribution in [3.63, 3.8) is 0 Å². The zero-order valence-corrected chi connectivity index (χ0v) is 20.1. The number of rotatable bonds is 8. The summed E-state index contributed by atoms with van der Waals surface area (Å²) in [6.07, 6.45) is -0.811. The number of methoxy groups -OCH3 is 1. The van der Waals surface area contributed by atoms with Crippen LogP contribution >= 0.6 is 0 Å². The number of benzene rings is 3. The van der Waals surface area contributed by atoms with Crippen LogP contribution in [-0.2, 0) is 14.8 Å². The smallest absolute Gasteiger partial charge is 0.338 e.